The van der Waals surface area contributed by atoms with Gasteiger partial charge in [0.2, 0.25) is 5.91 Å². The normalized spacial score (nSPS) is 13.0. The van der Waals surface area contributed by atoms with Crippen LogP contribution in [0.2, 0.25) is 0 Å². The number of hydrogen-bond acceptors (Lipinski definition) is 4. The molecule has 2 atom stereocenters. The molecule has 0 saturated carbocycles. The lowest BCUT2D eigenvalue weighted by Gasteiger charge is -2.25. The van der Waals surface area contributed by atoms with E-state index in [1.807, 2.05) is 54.8 Å². The predicted octanol–water partition coefficient (Wildman–Crippen LogP) is 4.28. The standard InChI is InChI=1S/C26H36N2O2S/c1-20(2)16-23(28-26(30)15-14-21-10-6-4-7-11-21)18-27-24(25(29)19-31-3)17-22-12-8-5-9-13-22/h4-13,20,23-24,27H,14-19H2,1-3H3,(H,28,30). The molecule has 0 fully saturated rings. The third-order valence-corrected chi connectivity index (χ3v) is 5.75. The number of carbonyl (C=O) groups is 2. The Hall–Kier alpha value is -2.11. The number of aryl methyl sites for hydroxylation is 1. The summed E-state index contributed by atoms with van der Waals surface area (Å²) in [4.78, 5) is 25.3. The number of rotatable bonds is 14. The van der Waals surface area contributed by atoms with Crippen LogP contribution in [0.15, 0.2) is 60.7 Å². The quantitative estimate of drug-likeness (QED) is 0.460. The number of thioether (sulfide) groups is 1. The van der Waals surface area contributed by atoms with Crippen LogP contribution in [0.5, 0.6) is 0 Å². The number of amides is 1. The molecule has 0 heterocycles. The first-order chi connectivity index (χ1) is 15.0. The Morgan fingerprint density at radius 3 is 2.13 bits per heavy atom. The fourth-order valence-corrected chi connectivity index (χ4v) is 4.13. The number of benzene rings is 2. The van der Waals surface area contributed by atoms with E-state index in [1.54, 1.807) is 11.8 Å². The molecule has 4 nitrogen and oxygen atoms in total. The van der Waals surface area contributed by atoms with Crippen LogP contribution in [-0.2, 0) is 22.4 Å². The van der Waals surface area contributed by atoms with Gasteiger partial charge in [-0.15, -0.1) is 0 Å². The van der Waals surface area contributed by atoms with Crippen molar-refractivity contribution in [3.63, 3.8) is 0 Å². The fraction of sp³-hybridized carbons (Fsp3) is 0.462. The maximum absolute atomic E-state index is 12.7. The van der Waals surface area contributed by atoms with Gasteiger partial charge in [0.1, 0.15) is 0 Å². The molecule has 2 aromatic carbocycles. The highest BCUT2D eigenvalue weighted by Gasteiger charge is 2.21. The summed E-state index contributed by atoms with van der Waals surface area (Å²) in [6.45, 7) is 4.90. The van der Waals surface area contributed by atoms with Crippen LogP contribution in [0, 0.1) is 5.92 Å². The summed E-state index contributed by atoms with van der Waals surface area (Å²) in [7, 11) is 0. The van der Waals surface area contributed by atoms with Gasteiger partial charge in [0, 0.05) is 19.0 Å². The van der Waals surface area contributed by atoms with Crippen LogP contribution in [-0.4, -0.2) is 42.3 Å². The smallest absolute Gasteiger partial charge is 0.220 e. The van der Waals surface area contributed by atoms with Gasteiger partial charge in [0.25, 0.3) is 0 Å². The fourth-order valence-electron chi connectivity index (χ4n) is 3.64. The van der Waals surface area contributed by atoms with Crippen LogP contribution in [0.3, 0.4) is 0 Å². The van der Waals surface area contributed by atoms with E-state index < -0.39 is 0 Å². The topological polar surface area (TPSA) is 58.2 Å². The van der Waals surface area contributed by atoms with Gasteiger partial charge in [-0.2, -0.15) is 11.8 Å². The van der Waals surface area contributed by atoms with Crippen molar-refractivity contribution < 1.29 is 9.59 Å². The molecular weight excluding hydrogens is 404 g/mol. The van der Waals surface area contributed by atoms with Crippen molar-refractivity contribution in [3.8, 4) is 0 Å². The minimum absolute atomic E-state index is 0.00336. The first-order valence-electron chi connectivity index (χ1n) is 11.1. The van der Waals surface area contributed by atoms with Gasteiger partial charge in [-0.1, -0.05) is 74.5 Å². The van der Waals surface area contributed by atoms with Crippen molar-refractivity contribution >= 4 is 23.5 Å². The number of Topliss-reactive ketones (excluding diaryl/α,β-unsaturated/α-hetero) is 1. The van der Waals surface area contributed by atoms with Gasteiger partial charge < -0.3 is 10.6 Å². The highest BCUT2D eigenvalue weighted by atomic mass is 32.2. The van der Waals surface area contributed by atoms with E-state index in [1.165, 1.54) is 5.56 Å². The largest absolute Gasteiger partial charge is 0.352 e. The van der Waals surface area contributed by atoms with Crippen LogP contribution in [0.25, 0.3) is 0 Å². The van der Waals surface area contributed by atoms with Gasteiger partial charge >= 0.3 is 0 Å². The van der Waals surface area contributed by atoms with Gasteiger partial charge in [0.15, 0.2) is 5.78 Å². The molecule has 0 spiro atoms. The molecule has 0 aliphatic carbocycles. The molecule has 1 amide bonds. The molecular formula is C26H36N2O2S. The van der Waals surface area contributed by atoms with Gasteiger partial charge in [-0.05, 0) is 42.6 Å². The molecule has 31 heavy (non-hydrogen) atoms. The van der Waals surface area contributed by atoms with Crippen LogP contribution in [0.1, 0.15) is 37.8 Å². The first kappa shape index (κ1) is 25.2. The zero-order valence-electron chi connectivity index (χ0n) is 19.0. The van der Waals surface area contributed by atoms with Crippen molar-refractivity contribution in [2.75, 3.05) is 18.6 Å². The van der Waals surface area contributed by atoms with E-state index in [-0.39, 0.29) is 23.8 Å². The summed E-state index contributed by atoms with van der Waals surface area (Å²) in [5.41, 5.74) is 2.31. The lowest BCUT2D eigenvalue weighted by atomic mass is 10.0. The molecule has 0 saturated heterocycles. The summed E-state index contributed by atoms with van der Waals surface area (Å²) < 4.78 is 0. The second-order valence-corrected chi connectivity index (χ2v) is 9.30. The van der Waals surface area contributed by atoms with E-state index in [2.05, 4.69) is 36.6 Å². The Kier molecular flexibility index (Phi) is 11.4. The highest BCUT2D eigenvalue weighted by Crippen LogP contribution is 2.10. The van der Waals surface area contributed by atoms with E-state index in [0.717, 1.165) is 18.4 Å². The van der Waals surface area contributed by atoms with Crippen molar-refractivity contribution in [2.45, 2.75) is 51.6 Å². The summed E-state index contributed by atoms with van der Waals surface area (Å²) in [6.07, 6.45) is 4.69. The molecule has 0 bridgehead atoms. The number of ketones is 1. The first-order valence-corrected chi connectivity index (χ1v) is 12.5. The minimum Gasteiger partial charge on any atom is -0.352 e. The molecule has 2 rings (SSSR count). The van der Waals surface area contributed by atoms with Gasteiger partial charge in [0.05, 0.1) is 11.8 Å². The van der Waals surface area contributed by atoms with Crippen molar-refractivity contribution in [1.29, 1.82) is 0 Å². The second-order valence-electron chi connectivity index (χ2n) is 8.43. The zero-order chi connectivity index (χ0) is 22.5. The summed E-state index contributed by atoms with van der Waals surface area (Å²) in [5, 5.41) is 6.65. The Balaban J connectivity index is 1.94. The Morgan fingerprint density at radius 1 is 0.935 bits per heavy atom. The molecule has 2 N–H and O–H groups in total. The summed E-state index contributed by atoms with van der Waals surface area (Å²) in [6, 6.07) is 19.9. The van der Waals surface area contributed by atoms with E-state index >= 15 is 0 Å². The Morgan fingerprint density at radius 2 is 1.55 bits per heavy atom. The second kappa shape index (κ2) is 14.0. The number of nitrogens with one attached hydrogen (secondary N) is 2. The third-order valence-electron chi connectivity index (χ3n) is 5.17. The van der Waals surface area contributed by atoms with Crippen LogP contribution in [0.4, 0.5) is 0 Å². The summed E-state index contributed by atoms with van der Waals surface area (Å²) >= 11 is 1.55. The zero-order valence-corrected chi connectivity index (χ0v) is 19.8. The van der Waals surface area contributed by atoms with E-state index in [0.29, 0.717) is 31.1 Å². The molecule has 0 aliphatic heterocycles. The highest BCUT2D eigenvalue weighted by molar-refractivity contribution is 7.99. The lowest BCUT2D eigenvalue weighted by molar-refractivity contribution is -0.121. The minimum atomic E-state index is -0.245. The molecule has 168 valence electrons. The van der Waals surface area contributed by atoms with Crippen LogP contribution >= 0.6 is 11.8 Å². The average molecular weight is 441 g/mol. The van der Waals surface area contributed by atoms with E-state index in [4.69, 9.17) is 0 Å². The molecule has 0 aromatic heterocycles. The monoisotopic (exact) mass is 440 g/mol. The van der Waals surface area contributed by atoms with Gasteiger partial charge in [-0.3, -0.25) is 9.59 Å². The molecule has 0 radical (unpaired) electrons. The van der Waals surface area contributed by atoms with Crippen molar-refractivity contribution in [2.24, 2.45) is 5.92 Å². The Bertz CT molecular complexity index is 781. The number of hydrogen-bond donors (Lipinski definition) is 2. The van der Waals surface area contributed by atoms with Crippen molar-refractivity contribution in [3.05, 3.63) is 71.8 Å². The van der Waals surface area contributed by atoms with Crippen molar-refractivity contribution in [1.82, 2.24) is 10.6 Å². The lowest BCUT2D eigenvalue weighted by Crippen LogP contribution is -2.48. The summed E-state index contributed by atoms with van der Waals surface area (Å²) in [5.74, 6) is 1.21. The molecule has 2 aromatic rings. The maximum atomic E-state index is 12.7. The SMILES string of the molecule is CSCC(=O)C(Cc1ccccc1)NCC(CC(C)C)NC(=O)CCc1ccccc1. The molecule has 0 aliphatic rings. The van der Waals surface area contributed by atoms with E-state index in [9.17, 15) is 9.59 Å². The maximum Gasteiger partial charge on any atom is 0.220 e. The predicted molar refractivity (Wildman–Crippen MR) is 131 cm³/mol. The number of carbonyl (C=O) groups excluding carboxylic acids is 2. The molecule has 2 unspecified atom stereocenters. The van der Waals surface area contributed by atoms with Crippen LogP contribution < -0.4 is 10.6 Å². The Labute approximate surface area is 191 Å². The third kappa shape index (κ3) is 10.2. The van der Waals surface area contributed by atoms with Gasteiger partial charge in [-0.25, -0.2) is 0 Å². The average Bonchev–Trinajstić information content (AvgIpc) is 2.76. The molecule has 5 heteroatoms.